The van der Waals surface area contributed by atoms with Gasteiger partial charge in [-0.15, -0.1) is 12.4 Å². The smallest absolute Gasteiger partial charge is 0.255 e. The molecule has 0 aliphatic heterocycles. The second-order valence-corrected chi connectivity index (χ2v) is 5.68. The van der Waals surface area contributed by atoms with Crippen molar-refractivity contribution >= 4 is 29.9 Å². The van der Waals surface area contributed by atoms with Crippen LogP contribution in [-0.4, -0.2) is 25.5 Å². The third-order valence-electron chi connectivity index (χ3n) is 3.53. The maximum absolute atomic E-state index is 12.3. The number of carbonyl (C=O) groups excluding carboxylic acids is 1. The van der Waals surface area contributed by atoms with Crippen molar-refractivity contribution in [2.45, 2.75) is 19.6 Å². The van der Waals surface area contributed by atoms with Crippen LogP contribution >= 0.6 is 24.0 Å². The molecule has 2 N–H and O–H groups in total. The fourth-order valence-corrected chi connectivity index (χ4v) is 2.18. The van der Waals surface area contributed by atoms with Crippen molar-refractivity contribution in [3.63, 3.8) is 0 Å². The van der Waals surface area contributed by atoms with Gasteiger partial charge in [0.05, 0.1) is 5.56 Å². The van der Waals surface area contributed by atoms with Gasteiger partial charge in [0.1, 0.15) is 12.4 Å². The predicted molar refractivity (Wildman–Crippen MR) is 100 cm³/mol. The number of amides is 1. The number of ether oxygens (including phenoxy) is 1. The van der Waals surface area contributed by atoms with Crippen molar-refractivity contribution in [2.75, 3.05) is 13.6 Å². The first-order chi connectivity index (χ1) is 11.1. The summed E-state index contributed by atoms with van der Waals surface area (Å²) in [7, 11) is 1.86. The summed E-state index contributed by atoms with van der Waals surface area (Å²) in [5.74, 6) is 0.392. The third kappa shape index (κ3) is 5.71. The van der Waals surface area contributed by atoms with Gasteiger partial charge in [-0.25, -0.2) is 0 Å². The number of para-hydroxylation sites is 1. The number of hydrogen-bond acceptors (Lipinski definition) is 3. The molecule has 0 fully saturated rings. The van der Waals surface area contributed by atoms with Gasteiger partial charge in [-0.2, -0.15) is 0 Å². The molecule has 6 heteroatoms. The molecule has 0 radical (unpaired) electrons. The molecule has 0 saturated carbocycles. The van der Waals surface area contributed by atoms with E-state index in [1.54, 1.807) is 12.1 Å². The van der Waals surface area contributed by atoms with Crippen molar-refractivity contribution < 1.29 is 9.53 Å². The topological polar surface area (TPSA) is 50.4 Å². The normalized spacial score (nSPS) is 11.3. The maximum atomic E-state index is 12.3. The molecule has 0 aromatic heterocycles. The van der Waals surface area contributed by atoms with E-state index < -0.39 is 0 Å². The van der Waals surface area contributed by atoms with Crippen LogP contribution in [0.3, 0.4) is 0 Å². The molecule has 1 amide bonds. The molecule has 4 nitrogen and oxygen atoms in total. The highest BCUT2D eigenvalue weighted by Crippen LogP contribution is 2.21. The zero-order chi connectivity index (χ0) is 16.7. The van der Waals surface area contributed by atoms with Gasteiger partial charge in [0.25, 0.3) is 5.91 Å². The zero-order valence-electron chi connectivity index (χ0n) is 13.7. The summed E-state index contributed by atoms with van der Waals surface area (Å²) in [6.07, 6.45) is 0. The predicted octanol–water partition coefficient (Wildman–Crippen LogP) is 3.68. The maximum Gasteiger partial charge on any atom is 0.255 e. The van der Waals surface area contributed by atoms with Gasteiger partial charge < -0.3 is 15.4 Å². The van der Waals surface area contributed by atoms with Crippen LogP contribution in [-0.2, 0) is 6.61 Å². The highest BCUT2D eigenvalue weighted by Gasteiger charge is 2.13. The molecule has 24 heavy (non-hydrogen) atoms. The van der Waals surface area contributed by atoms with Gasteiger partial charge in [0.15, 0.2) is 0 Å². The monoisotopic (exact) mass is 368 g/mol. The lowest BCUT2D eigenvalue weighted by atomic mass is 10.1. The number of likely N-dealkylation sites (N-methyl/N-ethyl adjacent to an activating group) is 1. The van der Waals surface area contributed by atoms with Crippen LogP contribution in [0.2, 0.25) is 5.02 Å². The zero-order valence-corrected chi connectivity index (χ0v) is 15.3. The lowest BCUT2D eigenvalue weighted by Gasteiger charge is -2.14. The molecule has 2 aromatic rings. The Balaban J connectivity index is 0.00000288. The Labute approximate surface area is 154 Å². The minimum absolute atomic E-state index is 0. The fraction of sp³-hybridized carbons (Fsp3) is 0.278. The summed E-state index contributed by atoms with van der Waals surface area (Å²) in [4.78, 5) is 12.3. The second kappa shape index (κ2) is 10.2. The summed E-state index contributed by atoms with van der Waals surface area (Å²) in [6, 6.07) is 14.9. The van der Waals surface area contributed by atoms with E-state index in [-0.39, 0.29) is 24.4 Å². The molecular formula is C18H22Cl2N2O2. The number of hydrogen-bond donors (Lipinski definition) is 2. The number of halogens is 2. The third-order valence-corrected chi connectivity index (χ3v) is 3.90. The molecule has 1 atom stereocenters. The first kappa shape index (κ1) is 20.3. The van der Waals surface area contributed by atoms with E-state index >= 15 is 0 Å². The van der Waals surface area contributed by atoms with Crippen LogP contribution < -0.4 is 15.4 Å². The quantitative estimate of drug-likeness (QED) is 0.783. The molecule has 0 aliphatic rings. The van der Waals surface area contributed by atoms with E-state index in [0.717, 1.165) is 5.56 Å². The SMILES string of the molecule is CNC(C)CNC(=O)c1ccccc1OCc1ccccc1Cl.Cl. The van der Waals surface area contributed by atoms with Crippen molar-refractivity contribution in [3.8, 4) is 5.75 Å². The first-order valence-electron chi connectivity index (χ1n) is 7.52. The summed E-state index contributed by atoms with van der Waals surface area (Å²) in [5.41, 5.74) is 1.40. The molecule has 2 rings (SSSR count). The van der Waals surface area contributed by atoms with Gasteiger partial charge >= 0.3 is 0 Å². The van der Waals surface area contributed by atoms with Crippen LogP contribution in [0.4, 0.5) is 0 Å². The van der Waals surface area contributed by atoms with Crippen LogP contribution in [0.5, 0.6) is 5.75 Å². The first-order valence-corrected chi connectivity index (χ1v) is 7.90. The van der Waals surface area contributed by atoms with E-state index in [4.69, 9.17) is 16.3 Å². The lowest BCUT2D eigenvalue weighted by molar-refractivity contribution is 0.0946. The molecule has 0 saturated heterocycles. The summed E-state index contributed by atoms with van der Waals surface area (Å²) >= 11 is 6.13. The molecule has 0 aliphatic carbocycles. The van der Waals surface area contributed by atoms with Gasteiger partial charge in [0, 0.05) is 23.2 Å². The molecular weight excluding hydrogens is 347 g/mol. The van der Waals surface area contributed by atoms with Gasteiger partial charge in [-0.3, -0.25) is 4.79 Å². The van der Waals surface area contributed by atoms with Gasteiger partial charge in [0.2, 0.25) is 0 Å². The average Bonchev–Trinajstić information content (AvgIpc) is 2.59. The highest BCUT2D eigenvalue weighted by atomic mass is 35.5. The highest BCUT2D eigenvalue weighted by molar-refractivity contribution is 6.31. The van der Waals surface area contributed by atoms with Crippen molar-refractivity contribution in [1.29, 1.82) is 0 Å². The van der Waals surface area contributed by atoms with Crippen LogP contribution in [0.25, 0.3) is 0 Å². The summed E-state index contributed by atoms with van der Waals surface area (Å²) in [5, 5.41) is 6.62. The molecule has 0 heterocycles. The fourth-order valence-electron chi connectivity index (χ4n) is 1.99. The van der Waals surface area contributed by atoms with E-state index in [2.05, 4.69) is 10.6 Å². The van der Waals surface area contributed by atoms with Gasteiger partial charge in [-0.05, 0) is 32.2 Å². The Hall–Kier alpha value is -1.75. The molecule has 0 spiro atoms. The lowest BCUT2D eigenvalue weighted by Crippen LogP contribution is -2.37. The Morgan fingerprint density at radius 3 is 2.54 bits per heavy atom. The van der Waals surface area contributed by atoms with Crippen LogP contribution in [0.1, 0.15) is 22.8 Å². The average molecular weight is 369 g/mol. The molecule has 2 aromatic carbocycles. The number of nitrogens with one attached hydrogen (secondary N) is 2. The number of carbonyl (C=O) groups is 1. The van der Waals surface area contributed by atoms with Crippen molar-refractivity contribution in [1.82, 2.24) is 10.6 Å². The van der Waals surface area contributed by atoms with Crippen molar-refractivity contribution in [3.05, 3.63) is 64.7 Å². The minimum Gasteiger partial charge on any atom is -0.488 e. The van der Waals surface area contributed by atoms with Crippen LogP contribution in [0.15, 0.2) is 48.5 Å². The van der Waals surface area contributed by atoms with E-state index in [0.29, 0.717) is 29.5 Å². The molecule has 1 unspecified atom stereocenters. The Morgan fingerprint density at radius 2 is 1.83 bits per heavy atom. The molecule has 130 valence electrons. The van der Waals surface area contributed by atoms with Crippen molar-refractivity contribution in [2.24, 2.45) is 0 Å². The molecule has 0 bridgehead atoms. The standard InChI is InChI=1S/C18H21ClN2O2.ClH/c1-13(20-2)11-21-18(22)15-8-4-6-10-17(15)23-12-14-7-3-5-9-16(14)19;/h3-10,13,20H,11-12H2,1-2H3,(H,21,22);1H. The van der Waals surface area contributed by atoms with Gasteiger partial charge in [-0.1, -0.05) is 41.9 Å². The van der Waals surface area contributed by atoms with E-state index in [1.165, 1.54) is 0 Å². The number of rotatable bonds is 7. The largest absolute Gasteiger partial charge is 0.488 e. The number of benzene rings is 2. The minimum atomic E-state index is -0.151. The van der Waals surface area contributed by atoms with Crippen LogP contribution in [0, 0.1) is 0 Å². The summed E-state index contributed by atoms with van der Waals surface area (Å²) < 4.78 is 5.80. The Morgan fingerprint density at radius 1 is 1.17 bits per heavy atom. The Bertz CT molecular complexity index is 665. The second-order valence-electron chi connectivity index (χ2n) is 5.28. The van der Waals surface area contributed by atoms with E-state index in [9.17, 15) is 4.79 Å². The van der Waals surface area contributed by atoms with E-state index in [1.807, 2.05) is 50.4 Å². The summed E-state index contributed by atoms with van der Waals surface area (Å²) in [6.45, 7) is 2.87. The Kier molecular flexibility index (Phi) is 8.61.